The smallest absolute Gasteiger partial charge is 0.101 e. The monoisotopic (exact) mass is 227 g/mol. The van der Waals surface area contributed by atoms with Crippen LogP contribution >= 0.6 is 0 Å². The molecule has 0 radical (unpaired) electrons. The Kier molecular flexibility index (Phi) is 3.66. The predicted octanol–water partition coefficient (Wildman–Crippen LogP) is 3.05. The van der Waals surface area contributed by atoms with Crippen molar-refractivity contribution >= 4 is 11.4 Å². The first-order chi connectivity index (χ1) is 8.29. The van der Waals surface area contributed by atoms with Gasteiger partial charge in [-0.1, -0.05) is 11.6 Å². The van der Waals surface area contributed by atoms with E-state index in [-0.39, 0.29) is 0 Å². The van der Waals surface area contributed by atoms with Gasteiger partial charge in [-0.15, -0.1) is 0 Å². The topological polar surface area (TPSA) is 61.8 Å². The fourth-order valence-electron chi connectivity index (χ4n) is 2.13. The molecular formula is C14H17N3. The average molecular weight is 227 g/mol. The third-order valence-electron chi connectivity index (χ3n) is 3.06. The average Bonchev–Trinajstić information content (AvgIpc) is 2.84. The number of nitrogens with two attached hydrogens (primary N) is 1. The van der Waals surface area contributed by atoms with Gasteiger partial charge in [-0.05, 0) is 43.9 Å². The van der Waals surface area contributed by atoms with Crippen molar-refractivity contribution in [2.45, 2.75) is 25.7 Å². The second kappa shape index (κ2) is 5.40. The molecule has 0 saturated carbocycles. The molecule has 88 valence electrons. The van der Waals surface area contributed by atoms with Gasteiger partial charge < -0.3 is 11.1 Å². The van der Waals surface area contributed by atoms with E-state index >= 15 is 0 Å². The van der Waals surface area contributed by atoms with Crippen LogP contribution < -0.4 is 11.1 Å². The number of hydrogen-bond acceptors (Lipinski definition) is 3. The van der Waals surface area contributed by atoms with Crippen LogP contribution in [0.4, 0.5) is 11.4 Å². The first kappa shape index (κ1) is 11.5. The van der Waals surface area contributed by atoms with Crippen LogP contribution in [0.15, 0.2) is 29.8 Å². The minimum Gasteiger partial charge on any atom is -0.399 e. The minimum absolute atomic E-state index is 0.616. The third-order valence-corrected chi connectivity index (χ3v) is 3.06. The number of nitrogens with zero attached hydrogens (tertiary/aromatic N) is 1. The Labute approximate surface area is 102 Å². The molecule has 0 unspecified atom stereocenters. The Morgan fingerprint density at radius 1 is 1.41 bits per heavy atom. The molecule has 1 aliphatic rings. The van der Waals surface area contributed by atoms with E-state index in [9.17, 15) is 0 Å². The molecular weight excluding hydrogens is 210 g/mol. The predicted molar refractivity (Wildman–Crippen MR) is 70.6 cm³/mol. The van der Waals surface area contributed by atoms with Crippen molar-refractivity contribution in [2.24, 2.45) is 0 Å². The molecule has 17 heavy (non-hydrogen) atoms. The van der Waals surface area contributed by atoms with E-state index in [1.54, 1.807) is 6.07 Å². The molecule has 0 heterocycles. The molecule has 0 spiro atoms. The van der Waals surface area contributed by atoms with Crippen molar-refractivity contribution in [3.8, 4) is 6.07 Å². The second-order valence-corrected chi connectivity index (χ2v) is 4.35. The quantitative estimate of drug-likeness (QED) is 0.614. The van der Waals surface area contributed by atoms with E-state index in [1.165, 1.54) is 24.8 Å². The van der Waals surface area contributed by atoms with Gasteiger partial charge in [0.15, 0.2) is 0 Å². The van der Waals surface area contributed by atoms with Gasteiger partial charge in [-0.2, -0.15) is 5.26 Å². The van der Waals surface area contributed by atoms with E-state index in [2.05, 4.69) is 17.5 Å². The maximum absolute atomic E-state index is 9.00. The fourth-order valence-corrected chi connectivity index (χ4v) is 2.13. The lowest BCUT2D eigenvalue weighted by Gasteiger charge is -2.09. The van der Waals surface area contributed by atoms with Crippen LogP contribution in [0.3, 0.4) is 0 Å². The van der Waals surface area contributed by atoms with Crippen molar-refractivity contribution < 1.29 is 0 Å². The van der Waals surface area contributed by atoms with Gasteiger partial charge in [0.1, 0.15) is 6.07 Å². The summed E-state index contributed by atoms with van der Waals surface area (Å²) in [5, 5.41) is 12.3. The highest BCUT2D eigenvalue weighted by Gasteiger charge is 2.05. The highest BCUT2D eigenvalue weighted by atomic mass is 14.9. The lowest BCUT2D eigenvalue weighted by molar-refractivity contribution is 0.863. The number of anilines is 2. The summed E-state index contributed by atoms with van der Waals surface area (Å²) in [6.07, 6.45) is 7.14. The molecule has 0 fully saturated rings. The molecule has 3 N–H and O–H groups in total. The lowest BCUT2D eigenvalue weighted by atomic mass is 10.1. The zero-order valence-electron chi connectivity index (χ0n) is 9.87. The maximum Gasteiger partial charge on any atom is 0.101 e. The number of nitriles is 1. The molecule has 1 aromatic rings. The SMILES string of the molecule is N#Cc1cc(N)ccc1NCCC1=CCCC1. The van der Waals surface area contributed by atoms with E-state index in [0.29, 0.717) is 11.3 Å². The summed E-state index contributed by atoms with van der Waals surface area (Å²) in [6.45, 7) is 0.879. The van der Waals surface area contributed by atoms with Crippen molar-refractivity contribution in [3.05, 3.63) is 35.4 Å². The van der Waals surface area contributed by atoms with Crippen LogP contribution in [0.2, 0.25) is 0 Å². The standard InChI is InChI=1S/C14H17N3/c15-10-12-9-13(16)5-6-14(12)17-8-7-11-3-1-2-4-11/h3,5-6,9,17H,1-2,4,7-8,16H2. The van der Waals surface area contributed by atoms with Gasteiger partial charge in [0.25, 0.3) is 0 Å². The molecule has 0 amide bonds. The van der Waals surface area contributed by atoms with Crippen LogP contribution in [0, 0.1) is 11.3 Å². The van der Waals surface area contributed by atoms with Gasteiger partial charge in [0.2, 0.25) is 0 Å². The molecule has 2 rings (SSSR count). The molecule has 0 aliphatic heterocycles. The van der Waals surface area contributed by atoms with E-state index in [1.807, 2.05) is 12.1 Å². The fraction of sp³-hybridized carbons (Fsp3) is 0.357. The van der Waals surface area contributed by atoms with Crippen LogP contribution in [0.5, 0.6) is 0 Å². The van der Waals surface area contributed by atoms with Gasteiger partial charge in [-0.3, -0.25) is 0 Å². The van der Waals surface area contributed by atoms with Crippen LogP contribution in [0.1, 0.15) is 31.2 Å². The number of hydrogen-bond donors (Lipinski definition) is 2. The van der Waals surface area contributed by atoms with Gasteiger partial charge in [0.05, 0.1) is 11.3 Å². The zero-order chi connectivity index (χ0) is 12.1. The Hall–Kier alpha value is -1.95. The largest absolute Gasteiger partial charge is 0.399 e. The van der Waals surface area contributed by atoms with Gasteiger partial charge >= 0.3 is 0 Å². The molecule has 0 bridgehead atoms. The zero-order valence-corrected chi connectivity index (χ0v) is 9.87. The van der Waals surface area contributed by atoms with Crippen LogP contribution in [-0.4, -0.2) is 6.54 Å². The summed E-state index contributed by atoms with van der Waals surface area (Å²) in [6, 6.07) is 7.55. The third kappa shape index (κ3) is 3.01. The molecule has 0 atom stereocenters. The lowest BCUT2D eigenvalue weighted by Crippen LogP contribution is -2.04. The summed E-state index contributed by atoms with van der Waals surface area (Å²) in [4.78, 5) is 0. The number of nitrogen functional groups attached to an aromatic ring is 1. The summed E-state index contributed by atoms with van der Waals surface area (Å²) in [7, 11) is 0. The summed E-state index contributed by atoms with van der Waals surface area (Å²) in [5.41, 5.74) is 9.30. The molecule has 0 aromatic heterocycles. The van der Waals surface area contributed by atoms with Crippen molar-refractivity contribution in [3.63, 3.8) is 0 Å². The summed E-state index contributed by atoms with van der Waals surface area (Å²) < 4.78 is 0. The molecule has 1 aromatic carbocycles. The van der Waals surface area contributed by atoms with Crippen molar-refractivity contribution in [2.75, 3.05) is 17.6 Å². The van der Waals surface area contributed by atoms with Gasteiger partial charge in [0, 0.05) is 12.2 Å². The molecule has 0 saturated heterocycles. The second-order valence-electron chi connectivity index (χ2n) is 4.35. The highest BCUT2D eigenvalue weighted by molar-refractivity contribution is 5.62. The van der Waals surface area contributed by atoms with Crippen LogP contribution in [0.25, 0.3) is 0 Å². The summed E-state index contributed by atoms with van der Waals surface area (Å²) in [5.74, 6) is 0. The maximum atomic E-state index is 9.00. The van der Waals surface area contributed by atoms with Gasteiger partial charge in [-0.25, -0.2) is 0 Å². The Bertz CT molecular complexity index is 469. The van der Waals surface area contributed by atoms with E-state index in [0.717, 1.165) is 18.7 Å². The number of benzene rings is 1. The van der Waals surface area contributed by atoms with Crippen molar-refractivity contribution in [1.82, 2.24) is 0 Å². The number of allylic oxidation sites excluding steroid dienone is 1. The first-order valence-corrected chi connectivity index (χ1v) is 6.01. The Morgan fingerprint density at radius 2 is 2.29 bits per heavy atom. The van der Waals surface area contributed by atoms with Crippen molar-refractivity contribution in [1.29, 1.82) is 5.26 Å². The minimum atomic E-state index is 0.616. The Balaban J connectivity index is 1.92. The van der Waals surface area contributed by atoms with E-state index in [4.69, 9.17) is 11.0 Å². The Morgan fingerprint density at radius 3 is 3.00 bits per heavy atom. The van der Waals surface area contributed by atoms with E-state index < -0.39 is 0 Å². The summed E-state index contributed by atoms with van der Waals surface area (Å²) >= 11 is 0. The first-order valence-electron chi connectivity index (χ1n) is 6.01. The highest BCUT2D eigenvalue weighted by Crippen LogP contribution is 2.22. The van der Waals surface area contributed by atoms with Crippen LogP contribution in [-0.2, 0) is 0 Å². The molecule has 3 nitrogen and oxygen atoms in total. The molecule has 1 aliphatic carbocycles. The normalized spacial score (nSPS) is 14.2. The molecule has 3 heteroatoms. The number of nitrogens with one attached hydrogen (secondary N) is 1. The number of rotatable bonds is 4.